The van der Waals surface area contributed by atoms with E-state index in [4.69, 9.17) is 9.47 Å². The number of pyridine rings is 1. The zero-order valence-corrected chi connectivity index (χ0v) is 19.2. The van der Waals surface area contributed by atoms with Gasteiger partial charge in [0.05, 0.1) is 30.2 Å². The van der Waals surface area contributed by atoms with Crippen LogP contribution in [0, 0.1) is 5.82 Å². The van der Waals surface area contributed by atoms with E-state index in [0.29, 0.717) is 29.3 Å². The van der Waals surface area contributed by atoms with E-state index < -0.39 is 17.0 Å². The molecule has 0 radical (unpaired) electrons. The van der Waals surface area contributed by atoms with Gasteiger partial charge in [-0.15, -0.1) is 0 Å². The van der Waals surface area contributed by atoms with Gasteiger partial charge in [0.1, 0.15) is 23.9 Å². The van der Waals surface area contributed by atoms with Crippen LogP contribution in [0.3, 0.4) is 0 Å². The first-order valence-corrected chi connectivity index (χ1v) is 10.9. The zero-order valence-electron chi connectivity index (χ0n) is 19.2. The number of carbonyl (C=O) groups excluding carboxylic acids is 2. The lowest BCUT2D eigenvalue weighted by Crippen LogP contribution is -2.24. The van der Waals surface area contributed by atoms with Gasteiger partial charge < -0.3 is 19.4 Å². The molecule has 1 amide bonds. The maximum absolute atomic E-state index is 13.3. The van der Waals surface area contributed by atoms with E-state index in [1.54, 1.807) is 54.1 Å². The second-order valence-corrected chi connectivity index (χ2v) is 7.72. The van der Waals surface area contributed by atoms with Crippen LogP contribution in [0.4, 0.5) is 10.1 Å². The predicted octanol–water partition coefficient (Wildman–Crippen LogP) is 4.42. The Bertz CT molecular complexity index is 1440. The van der Waals surface area contributed by atoms with Crippen LogP contribution in [0.25, 0.3) is 10.9 Å². The minimum atomic E-state index is -0.567. The first-order valence-electron chi connectivity index (χ1n) is 10.9. The number of hydrogen-bond donors (Lipinski definition) is 1. The average Bonchev–Trinajstić information content (AvgIpc) is 2.86. The lowest BCUT2D eigenvalue weighted by molar-refractivity contribution is -0.116. The van der Waals surface area contributed by atoms with Crippen molar-refractivity contribution in [2.45, 2.75) is 13.5 Å². The Labute approximate surface area is 200 Å². The molecule has 0 bridgehead atoms. The molecule has 7 nitrogen and oxygen atoms in total. The van der Waals surface area contributed by atoms with Crippen LogP contribution in [0.15, 0.2) is 77.7 Å². The third-order valence-corrected chi connectivity index (χ3v) is 5.40. The Morgan fingerprint density at radius 3 is 2.31 bits per heavy atom. The summed E-state index contributed by atoms with van der Waals surface area (Å²) >= 11 is 0. The van der Waals surface area contributed by atoms with Crippen molar-refractivity contribution in [2.75, 3.05) is 19.0 Å². The summed E-state index contributed by atoms with van der Waals surface area (Å²) in [6, 6.07) is 16.7. The number of ether oxygens (including phenoxy) is 2. The van der Waals surface area contributed by atoms with E-state index in [1.807, 2.05) is 6.92 Å². The van der Waals surface area contributed by atoms with Crippen molar-refractivity contribution in [3.63, 3.8) is 0 Å². The Morgan fingerprint density at radius 1 is 0.971 bits per heavy atom. The summed E-state index contributed by atoms with van der Waals surface area (Å²) in [5.74, 6) is -0.285. The van der Waals surface area contributed by atoms with Gasteiger partial charge in [-0.1, -0.05) is 0 Å². The lowest BCUT2D eigenvalue weighted by atomic mass is 10.0. The number of anilines is 1. The predicted molar refractivity (Wildman–Crippen MR) is 131 cm³/mol. The van der Waals surface area contributed by atoms with Crippen LogP contribution in [0.5, 0.6) is 11.5 Å². The number of rotatable bonds is 8. The van der Waals surface area contributed by atoms with Crippen LogP contribution >= 0.6 is 0 Å². The standard InChI is InChI=1S/C27H23FN2O5/c1-3-35-21-12-13-24-22(14-21)27(33)23(26(32)17-4-6-18(28)7-5-17)15-30(24)16-25(31)29-19-8-10-20(34-2)11-9-19/h4-15H,3,16H2,1-2H3,(H,29,31). The normalized spacial score (nSPS) is 10.7. The highest BCUT2D eigenvalue weighted by molar-refractivity contribution is 6.10. The van der Waals surface area contributed by atoms with Crippen LogP contribution in [-0.4, -0.2) is 30.0 Å². The fraction of sp³-hybridized carbons (Fsp3) is 0.148. The van der Waals surface area contributed by atoms with Crippen molar-refractivity contribution in [1.82, 2.24) is 4.57 Å². The highest BCUT2D eigenvalue weighted by Gasteiger charge is 2.19. The molecule has 1 heterocycles. The number of aromatic nitrogens is 1. The van der Waals surface area contributed by atoms with Gasteiger partial charge in [0, 0.05) is 17.4 Å². The highest BCUT2D eigenvalue weighted by Crippen LogP contribution is 2.21. The monoisotopic (exact) mass is 474 g/mol. The number of fused-ring (bicyclic) bond motifs is 1. The second kappa shape index (κ2) is 10.2. The molecular formula is C27H23FN2O5. The Hall–Kier alpha value is -4.46. The second-order valence-electron chi connectivity index (χ2n) is 7.72. The number of methoxy groups -OCH3 is 1. The number of nitrogens with zero attached hydrogens (tertiary/aromatic N) is 1. The third-order valence-electron chi connectivity index (χ3n) is 5.40. The minimum Gasteiger partial charge on any atom is -0.497 e. The van der Waals surface area contributed by atoms with Gasteiger partial charge in [-0.3, -0.25) is 14.4 Å². The van der Waals surface area contributed by atoms with Gasteiger partial charge in [-0.05, 0) is 73.7 Å². The molecule has 178 valence electrons. The minimum absolute atomic E-state index is 0.130. The molecule has 0 atom stereocenters. The van der Waals surface area contributed by atoms with Crippen molar-refractivity contribution < 1.29 is 23.5 Å². The molecule has 1 N–H and O–H groups in total. The zero-order chi connectivity index (χ0) is 24.9. The molecule has 0 saturated carbocycles. The van der Waals surface area contributed by atoms with Crippen LogP contribution < -0.4 is 20.2 Å². The fourth-order valence-corrected chi connectivity index (χ4v) is 3.71. The van der Waals surface area contributed by atoms with Crippen molar-refractivity contribution in [3.05, 3.63) is 100 Å². The van der Waals surface area contributed by atoms with Crippen molar-refractivity contribution in [2.24, 2.45) is 0 Å². The van der Waals surface area contributed by atoms with Crippen molar-refractivity contribution in [3.8, 4) is 11.5 Å². The summed E-state index contributed by atoms with van der Waals surface area (Å²) in [7, 11) is 1.55. The number of benzene rings is 3. The summed E-state index contributed by atoms with van der Waals surface area (Å²) in [5.41, 5.74) is 0.581. The summed E-state index contributed by atoms with van der Waals surface area (Å²) in [6.45, 7) is 2.07. The number of amides is 1. The lowest BCUT2D eigenvalue weighted by Gasteiger charge is -2.15. The first-order chi connectivity index (χ1) is 16.9. The Balaban J connectivity index is 1.74. The number of ketones is 1. The maximum Gasteiger partial charge on any atom is 0.244 e. The molecule has 0 saturated heterocycles. The third kappa shape index (κ3) is 5.22. The van der Waals surface area contributed by atoms with Gasteiger partial charge in [0.15, 0.2) is 5.78 Å². The van der Waals surface area contributed by atoms with Crippen LogP contribution in [-0.2, 0) is 11.3 Å². The molecule has 4 aromatic rings. The van der Waals surface area contributed by atoms with Crippen LogP contribution in [0.2, 0.25) is 0 Å². The van der Waals surface area contributed by atoms with E-state index in [0.717, 1.165) is 12.1 Å². The highest BCUT2D eigenvalue weighted by atomic mass is 19.1. The summed E-state index contributed by atoms with van der Waals surface area (Å²) in [6.07, 6.45) is 1.37. The SMILES string of the molecule is CCOc1ccc2c(c1)c(=O)c(C(=O)c1ccc(F)cc1)cn2CC(=O)Nc1ccc(OC)cc1. The number of halogens is 1. The van der Waals surface area contributed by atoms with Crippen LogP contribution in [0.1, 0.15) is 22.8 Å². The van der Waals surface area contributed by atoms with Gasteiger partial charge >= 0.3 is 0 Å². The fourth-order valence-electron chi connectivity index (χ4n) is 3.71. The van der Waals surface area contributed by atoms with E-state index >= 15 is 0 Å². The van der Waals surface area contributed by atoms with E-state index in [-0.39, 0.29) is 29.0 Å². The molecule has 0 fully saturated rings. The molecule has 0 spiro atoms. The largest absolute Gasteiger partial charge is 0.497 e. The van der Waals surface area contributed by atoms with E-state index in [2.05, 4.69) is 5.32 Å². The topological polar surface area (TPSA) is 86.6 Å². The number of carbonyl (C=O) groups is 2. The van der Waals surface area contributed by atoms with Gasteiger partial charge in [0.25, 0.3) is 0 Å². The molecule has 3 aromatic carbocycles. The Kier molecular flexibility index (Phi) is 6.91. The van der Waals surface area contributed by atoms with Gasteiger partial charge in [-0.2, -0.15) is 0 Å². The number of hydrogen-bond acceptors (Lipinski definition) is 5. The summed E-state index contributed by atoms with van der Waals surface area (Å²) in [4.78, 5) is 39.3. The molecule has 1 aromatic heterocycles. The first kappa shape index (κ1) is 23.7. The molecular weight excluding hydrogens is 451 g/mol. The van der Waals surface area contributed by atoms with E-state index in [1.165, 1.54) is 18.3 Å². The molecule has 8 heteroatoms. The molecule has 0 aliphatic carbocycles. The van der Waals surface area contributed by atoms with Crippen molar-refractivity contribution >= 4 is 28.3 Å². The molecule has 0 aliphatic heterocycles. The Morgan fingerprint density at radius 2 is 1.66 bits per heavy atom. The number of nitrogens with one attached hydrogen (secondary N) is 1. The average molecular weight is 474 g/mol. The molecule has 35 heavy (non-hydrogen) atoms. The van der Waals surface area contributed by atoms with Gasteiger partial charge in [0.2, 0.25) is 11.3 Å². The summed E-state index contributed by atoms with van der Waals surface area (Å²) in [5, 5.41) is 3.03. The molecule has 0 aliphatic rings. The smallest absolute Gasteiger partial charge is 0.244 e. The molecule has 4 rings (SSSR count). The van der Waals surface area contributed by atoms with E-state index in [9.17, 15) is 18.8 Å². The van der Waals surface area contributed by atoms with Crippen molar-refractivity contribution in [1.29, 1.82) is 0 Å². The quantitative estimate of drug-likeness (QED) is 0.382. The maximum atomic E-state index is 13.3. The van der Waals surface area contributed by atoms with Gasteiger partial charge in [-0.25, -0.2) is 4.39 Å². The summed E-state index contributed by atoms with van der Waals surface area (Å²) < 4.78 is 25.5. The molecule has 0 unspecified atom stereocenters.